The van der Waals surface area contributed by atoms with E-state index in [0.29, 0.717) is 17.6 Å². The number of hydrogen-bond donors (Lipinski definition) is 2. The molecule has 102 valence electrons. The van der Waals surface area contributed by atoms with Gasteiger partial charge in [-0.15, -0.1) is 0 Å². The van der Waals surface area contributed by atoms with Gasteiger partial charge in [-0.1, -0.05) is 6.92 Å². The summed E-state index contributed by atoms with van der Waals surface area (Å²) in [7, 11) is -3.47. The molecule has 7 heteroatoms. The number of nitrogens with zero attached hydrogens (tertiary/aromatic N) is 1. The number of hydrogen-bond acceptors (Lipinski definition) is 3. The van der Waals surface area contributed by atoms with Crippen LogP contribution in [0.2, 0.25) is 0 Å². The summed E-state index contributed by atoms with van der Waals surface area (Å²) in [4.78, 5) is 16.6. The smallest absolute Gasteiger partial charge is 0.306 e. The van der Waals surface area contributed by atoms with E-state index in [0.717, 1.165) is 12.8 Å². The minimum Gasteiger partial charge on any atom is -0.306 e. The first-order valence-electron chi connectivity index (χ1n) is 6.26. The Labute approximate surface area is 110 Å². The van der Waals surface area contributed by atoms with Gasteiger partial charge >= 0.3 is 5.69 Å². The molecule has 2 aromatic rings. The molecule has 3 rings (SSSR count). The molecule has 0 radical (unpaired) electrons. The third-order valence-corrected chi connectivity index (χ3v) is 5.38. The second-order valence-electron chi connectivity index (χ2n) is 4.73. The largest absolute Gasteiger partial charge is 0.323 e. The van der Waals surface area contributed by atoms with Crippen molar-refractivity contribution in [3.8, 4) is 0 Å². The van der Waals surface area contributed by atoms with Crippen LogP contribution in [0.4, 0.5) is 0 Å². The van der Waals surface area contributed by atoms with Crippen LogP contribution in [-0.2, 0) is 10.0 Å². The van der Waals surface area contributed by atoms with E-state index in [1.54, 1.807) is 6.07 Å². The highest BCUT2D eigenvalue weighted by Gasteiger charge is 2.36. The topological polar surface area (TPSA) is 86.0 Å². The Morgan fingerprint density at radius 3 is 2.58 bits per heavy atom. The van der Waals surface area contributed by atoms with Gasteiger partial charge in [0.25, 0.3) is 0 Å². The molecule has 2 N–H and O–H groups in total. The fourth-order valence-corrected chi connectivity index (χ4v) is 4.02. The third kappa shape index (κ3) is 2.08. The molecule has 1 aromatic carbocycles. The van der Waals surface area contributed by atoms with Crippen LogP contribution in [0.15, 0.2) is 27.9 Å². The molecule has 1 aliphatic rings. The predicted octanol–water partition coefficient (Wildman–Crippen LogP) is 1.03. The van der Waals surface area contributed by atoms with Gasteiger partial charge in [0.15, 0.2) is 0 Å². The number of fused-ring (bicyclic) bond motifs is 1. The SMILES string of the molecule is CCN(C1CC1)S(=O)(=O)c1ccc2[nH]c(=O)[nH]c2c1. The lowest BCUT2D eigenvalue weighted by Crippen LogP contribution is -2.32. The number of sulfonamides is 1. The maximum atomic E-state index is 12.5. The van der Waals surface area contributed by atoms with Gasteiger partial charge in [-0.3, -0.25) is 0 Å². The van der Waals surface area contributed by atoms with Crippen LogP contribution in [0.5, 0.6) is 0 Å². The number of rotatable bonds is 4. The lowest BCUT2D eigenvalue weighted by molar-refractivity contribution is 0.421. The van der Waals surface area contributed by atoms with Crippen molar-refractivity contribution < 1.29 is 8.42 Å². The van der Waals surface area contributed by atoms with Crippen molar-refractivity contribution in [1.82, 2.24) is 14.3 Å². The molecule has 1 aliphatic carbocycles. The molecular formula is C12H15N3O3S. The zero-order valence-corrected chi connectivity index (χ0v) is 11.3. The first-order valence-corrected chi connectivity index (χ1v) is 7.70. The number of nitrogens with one attached hydrogen (secondary N) is 2. The number of aromatic amines is 2. The van der Waals surface area contributed by atoms with Gasteiger partial charge in [0.05, 0.1) is 15.9 Å². The summed E-state index contributed by atoms with van der Waals surface area (Å²) in [5.41, 5.74) is 0.787. The van der Waals surface area contributed by atoms with E-state index in [4.69, 9.17) is 0 Å². The molecule has 0 unspecified atom stereocenters. The monoisotopic (exact) mass is 281 g/mol. The molecule has 1 aromatic heterocycles. The van der Waals surface area contributed by atoms with E-state index in [1.807, 2.05) is 6.92 Å². The first kappa shape index (κ1) is 12.4. The second kappa shape index (κ2) is 4.21. The molecule has 6 nitrogen and oxygen atoms in total. The van der Waals surface area contributed by atoms with Crippen LogP contribution in [0.25, 0.3) is 11.0 Å². The van der Waals surface area contributed by atoms with E-state index in [9.17, 15) is 13.2 Å². The highest BCUT2D eigenvalue weighted by atomic mass is 32.2. The standard InChI is InChI=1S/C12H15N3O3S/c1-2-15(8-3-4-8)19(17,18)9-5-6-10-11(7-9)14-12(16)13-10/h5-8H,2-4H2,1H3,(H2,13,14,16). The lowest BCUT2D eigenvalue weighted by atomic mass is 10.3. The molecule has 0 atom stereocenters. The van der Waals surface area contributed by atoms with Gasteiger partial charge in [-0.2, -0.15) is 4.31 Å². The Bertz CT molecular complexity index is 771. The third-order valence-electron chi connectivity index (χ3n) is 3.36. The molecule has 0 amide bonds. The Balaban J connectivity index is 2.09. The molecule has 0 bridgehead atoms. The molecule has 19 heavy (non-hydrogen) atoms. The summed E-state index contributed by atoms with van der Waals surface area (Å²) in [5.74, 6) is 0. The summed E-state index contributed by atoms with van der Waals surface area (Å²) in [6.07, 6.45) is 1.85. The van der Waals surface area contributed by atoms with Gasteiger partial charge in [0, 0.05) is 12.6 Å². The normalized spacial score (nSPS) is 16.3. The van der Waals surface area contributed by atoms with E-state index in [2.05, 4.69) is 9.97 Å². The number of aromatic nitrogens is 2. The average molecular weight is 281 g/mol. The highest BCUT2D eigenvalue weighted by molar-refractivity contribution is 7.89. The summed E-state index contributed by atoms with van der Waals surface area (Å²) in [5, 5.41) is 0. The van der Waals surface area contributed by atoms with Crippen molar-refractivity contribution in [3.63, 3.8) is 0 Å². The summed E-state index contributed by atoms with van der Waals surface area (Å²) in [6.45, 7) is 2.31. The predicted molar refractivity (Wildman–Crippen MR) is 71.5 cm³/mol. The molecule has 0 aliphatic heterocycles. The Kier molecular flexibility index (Phi) is 2.75. The van der Waals surface area contributed by atoms with Gasteiger partial charge in [-0.25, -0.2) is 13.2 Å². The maximum absolute atomic E-state index is 12.5. The fourth-order valence-electron chi connectivity index (χ4n) is 2.29. The Hall–Kier alpha value is -1.60. The zero-order valence-electron chi connectivity index (χ0n) is 10.5. The maximum Gasteiger partial charge on any atom is 0.323 e. The number of imidazole rings is 1. The fraction of sp³-hybridized carbons (Fsp3) is 0.417. The van der Waals surface area contributed by atoms with Crippen molar-refractivity contribution in [2.45, 2.75) is 30.7 Å². The molecule has 1 saturated carbocycles. The number of H-pyrrole nitrogens is 2. The second-order valence-corrected chi connectivity index (χ2v) is 6.62. The Morgan fingerprint density at radius 2 is 1.95 bits per heavy atom. The van der Waals surface area contributed by atoms with Crippen LogP contribution in [0, 0.1) is 0 Å². The van der Waals surface area contributed by atoms with E-state index >= 15 is 0 Å². The molecule has 1 fully saturated rings. The molecular weight excluding hydrogens is 266 g/mol. The van der Waals surface area contributed by atoms with Crippen molar-refractivity contribution >= 4 is 21.1 Å². The van der Waals surface area contributed by atoms with Crippen molar-refractivity contribution in [1.29, 1.82) is 0 Å². The summed E-state index contributed by atoms with van der Waals surface area (Å²) in [6, 6.07) is 4.79. The molecule has 0 saturated heterocycles. The quantitative estimate of drug-likeness (QED) is 0.877. The summed E-state index contributed by atoms with van der Waals surface area (Å²) >= 11 is 0. The van der Waals surface area contributed by atoms with Gasteiger partial charge in [-0.05, 0) is 31.0 Å². The van der Waals surface area contributed by atoms with Crippen molar-refractivity contribution in [2.75, 3.05) is 6.54 Å². The van der Waals surface area contributed by atoms with Gasteiger partial charge in [0.1, 0.15) is 0 Å². The van der Waals surface area contributed by atoms with Crippen LogP contribution in [0.3, 0.4) is 0 Å². The minimum atomic E-state index is -3.47. The lowest BCUT2D eigenvalue weighted by Gasteiger charge is -2.19. The summed E-state index contributed by atoms with van der Waals surface area (Å²) < 4.78 is 26.6. The molecule has 0 spiro atoms. The van der Waals surface area contributed by atoms with E-state index < -0.39 is 10.0 Å². The molecule has 1 heterocycles. The average Bonchev–Trinajstić information content (AvgIpc) is 3.09. The van der Waals surface area contributed by atoms with Crippen molar-refractivity contribution in [2.24, 2.45) is 0 Å². The van der Waals surface area contributed by atoms with Gasteiger partial charge in [0.2, 0.25) is 10.0 Å². The van der Waals surface area contributed by atoms with Crippen LogP contribution in [0.1, 0.15) is 19.8 Å². The Morgan fingerprint density at radius 1 is 1.26 bits per heavy atom. The van der Waals surface area contributed by atoms with E-state index in [-0.39, 0.29) is 16.6 Å². The van der Waals surface area contributed by atoms with Crippen molar-refractivity contribution in [3.05, 3.63) is 28.7 Å². The van der Waals surface area contributed by atoms with Crippen LogP contribution < -0.4 is 5.69 Å². The van der Waals surface area contributed by atoms with Gasteiger partial charge < -0.3 is 9.97 Å². The van der Waals surface area contributed by atoms with Crippen LogP contribution in [-0.4, -0.2) is 35.3 Å². The first-order chi connectivity index (χ1) is 9.02. The number of benzene rings is 1. The van der Waals surface area contributed by atoms with Crippen LogP contribution >= 0.6 is 0 Å². The highest BCUT2D eigenvalue weighted by Crippen LogP contribution is 2.32. The van der Waals surface area contributed by atoms with E-state index in [1.165, 1.54) is 16.4 Å². The zero-order chi connectivity index (χ0) is 13.6. The minimum absolute atomic E-state index is 0.135.